The number of nitrogens with one attached hydrogen (secondary N) is 1. The number of amides is 2. The molecule has 0 radical (unpaired) electrons. The summed E-state index contributed by atoms with van der Waals surface area (Å²) in [5.74, 6) is -0.392. The summed E-state index contributed by atoms with van der Waals surface area (Å²) in [6.45, 7) is 6.53. The number of nitrogens with zero attached hydrogens (tertiary/aromatic N) is 1. The van der Waals surface area contributed by atoms with Crippen molar-refractivity contribution >= 4 is 29.3 Å². The molecule has 0 bridgehead atoms. The van der Waals surface area contributed by atoms with Gasteiger partial charge in [-0.2, -0.15) is 0 Å². The minimum atomic E-state index is -0.206. The lowest BCUT2D eigenvalue weighted by molar-refractivity contribution is -0.119. The first-order chi connectivity index (χ1) is 11.8. The topological polar surface area (TPSA) is 49.4 Å². The predicted octanol–water partition coefficient (Wildman–Crippen LogP) is 3.98. The van der Waals surface area contributed by atoms with Crippen LogP contribution in [-0.4, -0.2) is 18.4 Å². The van der Waals surface area contributed by atoms with Gasteiger partial charge < -0.3 is 5.32 Å². The van der Waals surface area contributed by atoms with Crippen molar-refractivity contribution in [1.82, 2.24) is 0 Å². The van der Waals surface area contributed by atoms with Crippen molar-refractivity contribution < 1.29 is 9.59 Å². The first-order valence-electron chi connectivity index (χ1n) is 8.33. The number of para-hydroxylation sites is 2. The fourth-order valence-corrected chi connectivity index (χ4v) is 2.78. The molecule has 25 heavy (non-hydrogen) atoms. The van der Waals surface area contributed by atoms with Crippen LogP contribution in [0.3, 0.4) is 0 Å². The molecule has 0 saturated carbocycles. The molecule has 128 valence electrons. The molecule has 2 amide bonds. The molecule has 4 heteroatoms. The van der Waals surface area contributed by atoms with E-state index < -0.39 is 0 Å². The molecule has 4 nitrogen and oxygen atoms in total. The minimum absolute atomic E-state index is 0.0309. The highest BCUT2D eigenvalue weighted by Crippen LogP contribution is 2.29. The van der Waals surface area contributed by atoms with Crippen molar-refractivity contribution in [2.75, 3.05) is 16.8 Å². The Hall–Kier alpha value is -2.88. The highest BCUT2D eigenvalue weighted by molar-refractivity contribution is 6.13. The van der Waals surface area contributed by atoms with Gasteiger partial charge in [0.15, 0.2) is 0 Å². The van der Waals surface area contributed by atoms with Gasteiger partial charge in [0.05, 0.1) is 11.4 Å². The Morgan fingerprint density at radius 1 is 1.08 bits per heavy atom. The molecule has 0 aromatic heterocycles. The Balaban J connectivity index is 1.78. The quantitative estimate of drug-likeness (QED) is 0.845. The highest BCUT2D eigenvalue weighted by atomic mass is 16.2. The zero-order chi connectivity index (χ0) is 18.0. The molecule has 1 N–H and O–H groups in total. The molecule has 1 heterocycles. The van der Waals surface area contributed by atoms with Gasteiger partial charge in [0.1, 0.15) is 6.54 Å². The summed E-state index contributed by atoms with van der Waals surface area (Å²) < 4.78 is 0. The molecule has 1 aliphatic rings. The fourth-order valence-electron chi connectivity index (χ4n) is 2.78. The van der Waals surface area contributed by atoms with Gasteiger partial charge in [-0.1, -0.05) is 57.2 Å². The number of hydrogen-bond acceptors (Lipinski definition) is 2. The predicted molar refractivity (Wildman–Crippen MR) is 102 cm³/mol. The summed E-state index contributed by atoms with van der Waals surface area (Å²) in [6, 6.07) is 15.5. The Kier molecular flexibility index (Phi) is 4.45. The van der Waals surface area contributed by atoms with Gasteiger partial charge in [-0.25, -0.2) is 0 Å². The lowest BCUT2D eigenvalue weighted by Crippen LogP contribution is -2.41. The van der Waals surface area contributed by atoms with E-state index in [0.29, 0.717) is 5.69 Å². The maximum absolute atomic E-state index is 12.6. The average molecular weight is 334 g/mol. The van der Waals surface area contributed by atoms with E-state index in [9.17, 15) is 9.59 Å². The van der Waals surface area contributed by atoms with Crippen LogP contribution in [0.2, 0.25) is 0 Å². The van der Waals surface area contributed by atoms with Gasteiger partial charge in [0, 0.05) is 6.08 Å². The van der Waals surface area contributed by atoms with Crippen LogP contribution >= 0.6 is 0 Å². The van der Waals surface area contributed by atoms with E-state index in [-0.39, 0.29) is 23.8 Å². The summed E-state index contributed by atoms with van der Waals surface area (Å²) >= 11 is 0. The second kappa shape index (κ2) is 6.55. The molecule has 0 fully saturated rings. The molecule has 0 saturated heterocycles. The maximum Gasteiger partial charge on any atom is 0.251 e. The smallest absolute Gasteiger partial charge is 0.251 e. The molecule has 0 unspecified atom stereocenters. The molecule has 3 rings (SSSR count). The van der Waals surface area contributed by atoms with Gasteiger partial charge >= 0.3 is 0 Å². The third kappa shape index (κ3) is 3.79. The van der Waals surface area contributed by atoms with Crippen LogP contribution in [0.5, 0.6) is 0 Å². The molecule has 0 aliphatic carbocycles. The Morgan fingerprint density at radius 2 is 1.76 bits per heavy atom. The summed E-state index contributed by atoms with van der Waals surface area (Å²) in [7, 11) is 0. The first kappa shape index (κ1) is 17.0. The Morgan fingerprint density at radius 3 is 2.44 bits per heavy atom. The normalized spacial score (nSPS) is 14.4. The molecular weight excluding hydrogens is 312 g/mol. The van der Waals surface area contributed by atoms with Gasteiger partial charge in [-0.15, -0.1) is 0 Å². The van der Waals surface area contributed by atoms with Crippen LogP contribution in [0.25, 0.3) is 6.08 Å². The van der Waals surface area contributed by atoms with Crippen molar-refractivity contribution in [3.05, 3.63) is 65.7 Å². The SMILES string of the molecule is CC(C)(C)c1ccc(C=CC(=O)N2CC(=O)Nc3ccccc32)cc1. The first-order valence-corrected chi connectivity index (χ1v) is 8.33. The average Bonchev–Trinajstić information content (AvgIpc) is 2.58. The summed E-state index contributed by atoms with van der Waals surface area (Å²) in [6.07, 6.45) is 3.30. The third-order valence-corrected chi connectivity index (χ3v) is 4.23. The lowest BCUT2D eigenvalue weighted by atomic mass is 9.87. The third-order valence-electron chi connectivity index (χ3n) is 4.23. The zero-order valence-electron chi connectivity index (χ0n) is 14.7. The Labute approximate surface area is 148 Å². The van der Waals surface area contributed by atoms with Crippen molar-refractivity contribution in [1.29, 1.82) is 0 Å². The number of rotatable bonds is 2. The minimum Gasteiger partial charge on any atom is -0.323 e. The number of hydrogen-bond donors (Lipinski definition) is 1. The second-order valence-electron chi connectivity index (χ2n) is 7.20. The van der Waals surface area contributed by atoms with Gasteiger partial charge in [0.2, 0.25) is 5.91 Å². The van der Waals surface area contributed by atoms with Crippen molar-refractivity contribution in [2.45, 2.75) is 26.2 Å². The fraction of sp³-hybridized carbons (Fsp3) is 0.238. The molecule has 2 aromatic carbocycles. The van der Waals surface area contributed by atoms with Crippen LogP contribution in [0.1, 0.15) is 31.9 Å². The van der Waals surface area contributed by atoms with E-state index in [2.05, 4.69) is 38.2 Å². The van der Waals surface area contributed by atoms with Crippen molar-refractivity contribution in [2.24, 2.45) is 0 Å². The molecular formula is C21H22N2O2. The molecule has 0 spiro atoms. The molecule has 1 aliphatic heterocycles. The van der Waals surface area contributed by atoms with Gasteiger partial charge in [-0.05, 0) is 34.8 Å². The summed E-state index contributed by atoms with van der Waals surface area (Å²) in [5.41, 5.74) is 3.69. The van der Waals surface area contributed by atoms with Crippen molar-refractivity contribution in [3.8, 4) is 0 Å². The van der Waals surface area contributed by atoms with Crippen LogP contribution in [0.15, 0.2) is 54.6 Å². The second-order valence-corrected chi connectivity index (χ2v) is 7.20. The summed E-state index contributed by atoms with van der Waals surface area (Å²) in [4.78, 5) is 25.9. The number of benzene rings is 2. The standard InChI is InChI=1S/C21H22N2O2/c1-21(2,3)16-11-8-15(9-12-16)10-13-20(25)23-14-19(24)22-17-6-4-5-7-18(17)23/h4-13H,14H2,1-3H3,(H,22,24). The van der Waals surface area contributed by atoms with Crippen LogP contribution in [-0.2, 0) is 15.0 Å². The molecule has 2 aromatic rings. The van der Waals surface area contributed by atoms with Crippen LogP contribution in [0, 0.1) is 0 Å². The van der Waals surface area contributed by atoms with E-state index in [1.807, 2.05) is 30.3 Å². The van der Waals surface area contributed by atoms with E-state index in [4.69, 9.17) is 0 Å². The molecule has 0 atom stereocenters. The van der Waals surface area contributed by atoms with E-state index in [1.54, 1.807) is 12.1 Å². The monoisotopic (exact) mass is 334 g/mol. The number of carbonyl (C=O) groups excluding carboxylic acids is 2. The van der Waals surface area contributed by atoms with Crippen LogP contribution in [0.4, 0.5) is 11.4 Å². The van der Waals surface area contributed by atoms with Gasteiger partial charge in [0.25, 0.3) is 5.91 Å². The highest BCUT2D eigenvalue weighted by Gasteiger charge is 2.25. The van der Waals surface area contributed by atoms with E-state index in [0.717, 1.165) is 11.3 Å². The number of carbonyl (C=O) groups is 2. The van der Waals surface area contributed by atoms with Crippen molar-refractivity contribution in [3.63, 3.8) is 0 Å². The largest absolute Gasteiger partial charge is 0.323 e. The maximum atomic E-state index is 12.6. The summed E-state index contributed by atoms with van der Waals surface area (Å²) in [5, 5.41) is 2.78. The zero-order valence-corrected chi connectivity index (χ0v) is 14.7. The van der Waals surface area contributed by atoms with Gasteiger partial charge in [-0.3, -0.25) is 14.5 Å². The number of fused-ring (bicyclic) bond motifs is 1. The van der Waals surface area contributed by atoms with E-state index in [1.165, 1.54) is 16.5 Å². The Bertz CT molecular complexity index is 830. The number of anilines is 2. The van der Waals surface area contributed by atoms with Crippen LogP contribution < -0.4 is 10.2 Å². The lowest BCUT2D eigenvalue weighted by Gasteiger charge is -2.28. The van der Waals surface area contributed by atoms with E-state index >= 15 is 0 Å².